The van der Waals surface area contributed by atoms with E-state index in [1.807, 2.05) is 0 Å². The lowest BCUT2D eigenvalue weighted by Gasteiger charge is -2.35. The SMILES string of the molecule is CCCNC(C)C(CC1CCC2(CCCCC2)O1)C(C)C. The van der Waals surface area contributed by atoms with Gasteiger partial charge in [-0.15, -0.1) is 0 Å². The molecule has 0 bridgehead atoms. The third-order valence-corrected chi connectivity index (χ3v) is 5.85. The van der Waals surface area contributed by atoms with Gasteiger partial charge < -0.3 is 10.1 Å². The van der Waals surface area contributed by atoms with E-state index in [2.05, 4.69) is 33.0 Å². The summed E-state index contributed by atoms with van der Waals surface area (Å²) in [6, 6.07) is 0.608. The van der Waals surface area contributed by atoms with E-state index < -0.39 is 0 Å². The van der Waals surface area contributed by atoms with E-state index in [0.29, 0.717) is 12.1 Å². The topological polar surface area (TPSA) is 21.3 Å². The molecule has 1 saturated carbocycles. The van der Waals surface area contributed by atoms with Gasteiger partial charge in [0.2, 0.25) is 0 Å². The Labute approximate surface area is 132 Å². The smallest absolute Gasteiger partial charge is 0.0687 e. The van der Waals surface area contributed by atoms with Gasteiger partial charge in [0.25, 0.3) is 0 Å². The summed E-state index contributed by atoms with van der Waals surface area (Å²) in [7, 11) is 0. The Bertz CT molecular complexity index is 296. The minimum Gasteiger partial charge on any atom is -0.372 e. The van der Waals surface area contributed by atoms with E-state index in [4.69, 9.17) is 4.74 Å². The Morgan fingerprint density at radius 1 is 1.10 bits per heavy atom. The van der Waals surface area contributed by atoms with E-state index in [1.54, 1.807) is 0 Å². The second kappa shape index (κ2) is 7.97. The predicted octanol–water partition coefficient (Wildman–Crippen LogP) is 4.92. The van der Waals surface area contributed by atoms with Crippen molar-refractivity contribution in [1.82, 2.24) is 5.32 Å². The Morgan fingerprint density at radius 3 is 2.43 bits per heavy atom. The van der Waals surface area contributed by atoms with Crippen LogP contribution in [0.4, 0.5) is 0 Å². The molecule has 0 aromatic rings. The van der Waals surface area contributed by atoms with Gasteiger partial charge in [-0.25, -0.2) is 0 Å². The molecular weight excluding hydrogens is 258 g/mol. The summed E-state index contributed by atoms with van der Waals surface area (Å²) in [5.74, 6) is 1.47. The number of rotatable bonds is 7. The van der Waals surface area contributed by atoms with Gasteiger partial charge in [-0.2, -0.15) is 0 Å². The molecule has 21 heavy (non-hydrogen) atoms. The number of hydrogen-bond acceptors (Lipinski definition) is 2. The molecule has 0 aromatic heterocycles. The highest BCUT2D eigenvalue weighted by Gasteiger charge is 2.41. The highest BCUT2D eigenvalue weighted by Crippen LogP contribution is 2.43. The molecule has 3 unspecified atom stereocenters. The van der Waals surface area contributed by atoms with Crippen molar-refractivity contribution in [3.8, 4) is 0 Å². The quantitative estimate of drug-likeness (QED) is 0.720. The highest BCUT2D eigenvalue weighted by molar-refractivity contribution is 4.92. The van der Waals surface area contributed by atoms with E-state index >= 15 is 0 Å². The molecule has 2 fully saturated rings. The molecule has 124 valence electrons. The average molecular weight is 296 g/mol. The molecule has 1 aliphatic carbocycles. The van der Waals surface area contributed by atoms with Gasteiger partial charge in [0.1, 0.15) is 0 Å². The summed E-state index contributed by atoms with van der Waals surface area (Å²) in [5.41, 5.74) is 0.282. The fraction of sp³-hybridized carbons (Fsp3) is 1.00. The van der Waals surface area contributed by atoms with Gasteiger partial charge in [-0.1, -0.05) is 40.0 Å². The van der Waals surface area contributed by atoms with Crippen LogP contribution in [0.2, 0.25) is 0 Å². The van der Waals surface area contributed by atoms with Crippen LogP contribution in [-0.4, -0.2) is 24.3 Å². The third-order valence-electron chi connectivity index (χ3n) is 5.85. The number of hydrogen-bond donors (Lipinski definition) is 1. The lowest BCUT2D eigenvalue weighted by Crippen LogP contribution is -2.39. The summed E-state index contributed by atoms with van der Waals surface area (Å²) >= 11 is 0. The maximum Gasteiger partial charge on any atom is 0.0687 e. The van der Waals surface area contributed by atoms with Crippen molar-refractivity contribution in [3.63, 3.8) is 0 Å². The number of ether oxygens (including phenoxy) is 1. The van der Waals surface area contributed by atoms with E-state index in [0.717, 1.165) is 18.4 Å². The molecule has 1 spiro atoms. The minimum absolute atomic E-state index is 0.282. The van der Waals surface area contributed by atoms with E-state index in [9.17, 15) is 0 Å². The lowest BCUT2D eigenvalue weighted by molar-refractivity contribution is -0.0727. The minimum atomic E-state index is 0.282. The van der Waals surface area contributed by atoms with Crippen LogP contribution in [0.1, 0.15) is 85.5 Å². The van der Waals surface area contributed by atoms with Gasteiger partial charge in [0.05, 0.1) is 11.7 Å². The molecule has 1 N–H and O–H groups in total. The highest BCUT2D eigenvalue weighted by atomic mass is 16.5. The molecule has 2 heteroatoms. The maximum absolute atomic E-state index is 6.60. The molecule has 3 atom stereocenters. The van der Waals surface area contributed by atoms with Crippen molar-refractivity contribution in [3.05, 3.63) is 0 Å². The maximum atomic E-state index is 6.60. The van der Waals surface area contributed by atoms with Gasteiger partial charge in [0, 0.05) is 6.04 Å². The van der Waals surface area contributed by atoms with Crippen LogP contribution in [0.5, 0.6) is 0 Å². The average Bonchev–Trinajstić information content (AvgIpc) is 2.85. The van der Waals surface area contributed by atoms with Crippen LogP contribution in [0.15, 0.2) is 0 Å². The summed E-state index contributed by atoms with van der Waals surface area (Å²) in [6.07, 6.45) is 12.4. The summed E-state index contributed by atoms with van der Waals surface area (Å²) in [4.78, 5) is 0. The van der Waals surface area contributed by atoms with Crippen molar-refractivity contribution in [2.75, 3.05) is 6.54 Å². The van der Waals surface area contributed by atoms with Crippen LogP contribution in [0, 0.1) is 11.8 Å². The fourth-order valence-electron chi connectivity index (χ4n) is 4.51. The molecule has 1 heterocycles. The first-order valence-corrected chi connectivity index (χ1v) is 9.47. The van der Waals surface area contributed by atoms with Crippen molar-refractivity contribution >= 4 is 0 Å². The van der Waals surface area contributed by atoms with E-state index in [1.165, 1.54) is 57.8 Å². The van der Waals surface area contributed by atoms with Crippen LogP contribution in [0.3, 0.4) is 0 Å². The largest absolute Gasteiger partial charge is 0.372 e. The Hall–Kier alpha value is -0.0800. The molecule has 2 nitrogen and oxygen atoms in total. The van der Waals surface area contributed by atoms with Crippen molar-refractivity contribution in [2.24, 2.45) is 11.8 Å². The van der Waals surface area contributed by atoms with Crippen LogP contribution >= 0.6 is 0 Å². The Kier molecular flexibility index (Phi) is 6.55. The second-order valence-corrected chi connectivity index (χ2v) is 7.91. The second-order valence-electron chi connectivity index (χ2n) is 7.91. The summed E-state index contributed by atoms with van der Waals surface area (Å²) in [6.45, 7) is 10.5. The first-order chi connectivity index (χ1) is 10.1. The molecular formula is C19H37NO. The van der Waals surface area contributed by atoms with Gasteiger partial charge in [-0.05, 0) is 63.8 Å². The lowest BCUT2D eigenvalue weighted by atomic mass is 9.82. The normalized spacial score (nSPS) is 28.1. The molecule has 2 aliphatic rings. The van der Waals surface area contributed by atoms with Gasteiger partial charge in [0.15, 0.2) is 0 Å². The van der Waals surface area contributed by atoms with Crippen LogP contribution in [-0.2, 0) is 4.74 Å². The molecule has 1 saturated heterocycles. The van der Waals surface area contributed by atoms with Crippen molar-refractivity contribution in [1.29, 1.82) is 0 Å². The number of nitrogens with one attached hydrogen (secondary N) is 1. The van der Waals surface area contributed by atoms with Gasteiger partial charge in [-0.3, -0.25) is 0 Å². The monoisotopic (exact) mass is 295 g/mol. The summed E-state index contributed by atoms with van der Waals surface area (Å²) in [5, 5.41) is 3.70. The van der Waals surface area contributed by atoms with Crippen LogP contribution < -0.4 is 5.32 Å². The summed E-state index contributed by atoms with van der Waals surface area (Å²) < 4.78 is 6.60. The van der Waals surface area contributed by atoms with Crippen molar-refractivity contribution < 1.29 is 4.74 Å². The molecule has 0 aromatic carbocycles. The van der Waals surface area contributed by atoms with E-state index in [-0.39, 0.29) is 5.60 Å². The van der Waals surface area contributed by atoms with Crippen LogP contribution in [0.25, 0.3) is 0 Å². The Morgan fingerprint density at radius 2 is 1.81 bits per heavy atom. The zero-order chi connectivity index (χ0) is 15.3. The predicted molar refractivity (Wildman–Crippen MR) is 90.6 cm³/mol. The Balaban J connectivity index is 1.86. The molecule has 1 aliphatic heterocycles. The zero-order valence-corrected chi connectivity index (χ0v) is 14.8. The fourth-order valence-corrected chi connectivity index (χ4v) is 4.51. The first-order valence-electron chi connectivity index (χ1n) is 9.47. The van der Waals surface area contributed by atoms with Gasteiger partial charge >= 0.3 is 0 Å². The molecule has 0 radical (unpaired) electrons. The third kappa shape index (κ3) is 4.69. The zero-order valence-electron chi connectivity index (χ0n) is 14.8. The first kappa shape index (κ1) is 17.3. The molecule has 0 amide bonds. The standard InChI is InChI=1S/C19H37NO/c1-5-13-20-16(4)18(15(2)3)14-17-9-12-19(21-17)10-7-6-8-11-19/h15-18,20H,5-14H2,1-4H3. The van der Waals surface area contributed by atoms with Crippen molar-refractivity contribution in [2.45, 2.75) is 103 Å². The molecule has 2 rings (SSSR count).